The maximum atomic E-state index is 12.9. The number of thiocarbonyl (C=S) groups is 1. The molecule has 0 aliphatic carbocycles. The molecule has 172 valence electrons. The summed E-state index contributed by atoms with van der Waals surface area (Å²) in [6, 6.07) is 14.9. The van der Waals surface area contributed by atoms with Gasteiger partial charge in [-0.1, -0.05) is 78.1 Å². The number of carbonyl (C=O) groups excluding carboxylic acids is 4. The summed E-state index contributed by atoms with van der Waals surface area (Å²) >= 11 is 12.2. The first-order valence-electron chi connectivity index (χ1n) is 10.2. The molecule has 4 amide bonds. The van der Waals surface area contributed by atoms with Crippen molar-refractivity contribution in [2.45, 2.75) is 12.5 Å². The Hall–Kier alpha value is -3.27. The Balaban J connectivity index is 1.42. The molecule has 2 fully saturated rings. The number of carbonyl (C=O) groups is 4. The van der Waals surface area contributed by atoms with E-state index in [4.69, 9.17) is 23.8 Å². The summed E-state index contributed by atoms with van der Waals surface area (Å²) in [6.07, 6.45) is 4.98. The topological polar surface area (TPSA) is 86.8 Å². The fraction of sp³-hybridized carbons (Fsp3) is 0.125. The highest BCUT2D eigenvalue weighted by Gasteiger charge is 2.48. The lowest BCUT2D eigenvalue weighted by atomic mass is 10.2. The number of anilines is 1. The minimum absolute atomic E-state index is 0.197. The number of imide groups is 1. The summed E-state index contributed by atoms with van der Waals surface area (Å²) in [6.45, 7) is -0.457. The van der Waals surface area contributed by atoms with E-state index in [0.29, 0.717) is 15.6 Å². The molecule has 34 heavy (non-hydrogen) atoms. The second-order valence-electron chi connectivity index (χ2n) is 7.44. The van der Waals surface area contributed by atoms with Crippen LogP contribution in [-0.4, -0.2) is 50.3 Å². The average Bonchev–Trinajstić information content (AvgIpc) is 3.25. The van der Waals surface area contributed by atoms with Crippen LogP contribution in [0, 0.1) is 0 Å². The van der Waals surface area contributed by atoms with Gasteiger partial charge < -0.3 is 5.32 Å². The van der Waals surface area contributed by atoms with Crippen molar-refractivity contribution >= 4 is 75.3 Å². The molecule has 4 rings (SSSR count). The number of nitrogens with zero attached hydrogens (tertiary/aromatic N) is 2. The van der Waals surface area contributed by atoms with Gasteiger partial charge in [0.15, 0.2) is 0 Å². The van der Waals surface area contributed by atoms with Gasteiger partial charge in [0.2, 0.25) is 11.8 Å². The number of rotatable bonds is 6. The summed E-state index contributed by atoms with van der Waals surface area (Å²) in [4.78, 5) is 53.1. The fourth-order valence-corrected chi connectivity index (χ4v) is 4.92. The van der Waals surface area contributed by atoms with Crippen molar-refractivity contribution in [3.05, 3.63) is 82.2 Å². The van der Waals surface area contributed by atoms with Crippen LogP contribution in [0.1, 0.15) is 12.0 Å². The van der Waals surface area contributed by atoms with E-state index in [1.165, 1.54) is 4.90 Å². The molecular weight excluding hydrogens is 494 g/mol. The number of benzene rings is 2. The molecule has 10 heteroatoms. The van der Waals surface area contributed by atoms with Crippen LogP contribution >= 0.6 is 35.6 Å². The van der Waals surface area contributed by atoms with E-state index in [-0.39, 0.29) is 10.7 Å². The van der Waals surface area contributed by atoms with Gasteiger partial charge in [-0.05, 0) is 35.9 Å². The zero-order valence-electron chi connectivity index (χ0n) is 17.6. The Kier molecular flexibility index (Phi) is 7.26. The van der Waals surface area contributed by atoms with E-state index in [9.17, 15) is 19.2 Å². The number of hydrogen-bond donors (Lipinski definition) is 1. The van der Waals surface area contributed by atoms with E-state index in [2.05, 4.69) is 5.32 Å². The van der Waals surface area contributed by atoms with Crippen LogP contribution in [0.4, 0.5) is 5.69 Å². The molecule has 2 aromatic rings. The molecule has 0 aromatic heterocycles. The zero-order valence-corrected chi connectivity index (χ0v) is 20.0. The number of halogens is 1. The third-order valence-electron chi connectivity index (χ3n) is 5.12. The van der Waals surface area contributed by atoms with Gasteiger partial charge >= 0.3 is 0 Å². The quantitative estimate of drug-likeness (QED) is 0.360. The van der Waals surface area contributed by atoms with Crippen molar-refractivity contribution in [3.8, 4) is 0 Å². The molecule has 0 spiro atoms. The second kappa shape index (κ2) is 10.3. The number of likely N-dealkylation sites (tertiary alicyclic amines) is 1. The molecule has 2 aliphatic rings. The first-order chi connectivity index (χ1) is 16.3. The van der Waals surface area contributed by atoms with Crippen LogP contribution in [0.15, 0.2) is 71.7 Å². The minimum atomic E-state index is -1.06. The van der Waals surface area contributed by atoms with Crippen molar-refractivity contribution in [2.24, 2.45) is 0 Å². The first kappa shape index (κ1) is 23.9. The monoisotopic (exact) mass is 511 g/mol. The SMILES string of the molecule is O=C(CN1C(=O)CC(N2C(=O)/C(=C/C=C/c3ccccc3)SC2=S)C1=O)Nc1ccc(Cl)cc1. The lowest BCUT2D eigenvalue weighted by Gasteiger charge is -2.21. The predicted molar refractivity (Wildman–Crippen MR) is 136 cm³/mol. The Bertz CT molecular complexity index is 1230. The molecule has 1 atom stereocenters. The molecule has 1 unspecified atom stereocenters. The van der Waals surface area contributed by atoms with Crippen molar-refractivity contribution in [2.75, 3.05) is 11.9 Å². The number of nitrogens with one attached hydrogen (secondary N) is 1. The summed E-state index contributed by atoms with van der Waals surface area (Å²) in [5, 5.41) is 3.12. The third kappa shape index (κ3) is 5.27. The van der Waals surface area contributed by atoms with Gasteiger partial charge in [-0.2, -0.15) is 0 Å². The highest BCUT2D eigenvalue weighted by molar-refractivity contribution is 8.26. The van der Waals surface area contributed by atoms with Crippen molar-refractivity contribution in [1.82, 2.24) is 9.80 Å². The second-order valence-corrected chi connectivity index (χ2v) is 9.55. The molecule has 2 heterocycles. The Morgan fingerprint density at radius 3 is 2.53 bits per heavy atom. The minimum Gasteiger partial charge on any atom is -0.325 e. The number of thioether (sulfide) groups is 1. The third-order valence-corrected chi connectivity index (χ3v) is 6.72. The molecule has 0 radical (unpaired) electrons. The largest absolute Gasteiger partial charge is 0.325 e. The summed E-state index contributed by atoms with van der Waals surface area (Å²) < 4.78 is 0.197. The lowest BCUT2D eigenvalue weighted by molar-refractivity contribution is -0.143. The zero-order chi connectivity index (χ0) is 24.2. The van der Waals surface area contributed by atoms with Gasteiger partial charge in [-0.3, -0.25) is 29.0 Å². The normalized spacial score (nSPS) is 19.7. The standard InChI is InChI=1S/C24H18ClN3O4S2/c25-16-9-11-17(12-10-16)26-20(29)14-27-21(30)13-18(22(27)31)28-23(32)19(34-24(28)33)8-4-7-15-5-2-1-3-6-15/h1-12,18H,13-14H2,(H,26,29)/b7-4+,19-8-. The van der Waals surface area contributed by atoms with Crippen LogP contribution in [0.2, 0.25) is 5.02 Å². The predicted octanol–water partition coefficient (Wildman–Crippen LogP) is 3.86. The van der Waals surface area contributed by atoms with Crippen LogP contribution in [0.25, 0.3) is 6.08 Å². The molecule has 2 saturated heterocycles. The van der Waals surface area contributed by atoms with Crippen LogP contribution < -0.4 is 5.32 Å². The van der Waals surface area contributed by atoms with Crippen molar-refractivity contribution in [3.63, 3.8) is 0 Å². The molecule has 0 bridgehead atoms. The molecule has 2 aromatic carbocycles. The van der Waals surface area contributed by atoms with E-state index in [1.54, 1.807) is 36.4 Å². The van der Waals surface area contributed by atoms with E-state index in [1.807, 2.05) is 36.4 Å². The van der Waals surface area contributed by atoms with Crippen molar-refractivity contribution in [1.29, 1.82) is 0 Å². The van der Waals surface area contributed by atoms with Crippen molar-refractivity contribution < 1.29 is 19.2 Å². The number of allylic oxidation sites excluding steroid dienone is 2. The van der Waals surface area contributed by atoms with Gasteiger partial charge in [0.1, 0.15) is 16.9 Å². The summed E-state index contributed by atoms with van der Waals surface area (Å²) in [7, 11) is 0. The fourth-order valence-electron chi connectivity index (χ4n) is 3.48. The first-order valence-corrected chi connectivity index (χ1v) is 11.8. The van der Waals surface area contributed by atoms with Gasteiger partial charge in [0, 0.05) is 10.7 Å². The molecule has 0 saturated carbocycles. The van der Waals surface area contributed by atoms with E-state index in [0.717, 1.165) is 22.2 Å². The average molecular weight is 512 g/mol. The lowest BCUT2D eigenvalue weighted by Crippen LogP contribution is -2.45. The van der Waals surface area contributed by atoms with Gasteiger partial charge in [0.25, 0.3) is 11.8 Å². The maximum absolute atomic E-state index is 12.9. The highest BCUT2D eigenvalue weighted by atomic mass is 35.5. The Labute approximate surface area is 210 Å². The number of hydrogen-bond acceptors (Lipinski definition) is 6. The highest BCUT2D eigenvalue weighted by Crippen LogP contribution is 2.35. The Morgan fingerprint density at radius 1 is 1.12 bits per heavy atom. The van der Waals surface area contributed by atoms with Gasteiger partial charge in [-0.15, -0.1) is 0 Å². The molecule has 1 N–H and O–H groups in total. The van der Waals surface area contributed by atoms with Gasteiger partial charge in [-0.25, -0.2) is 0 Å². The van der Waals surface area contributed by atoms with E-state index < -0.39 is 36.2 Å². The Morgan fingerprint density at radius 2 is 1.82 bits per heavy atom. The van der Waals surface area contributed by atoms with Crippen LogP contribution in [-0.2, 0) is 19.2 Å². The molecule has 2 aliphatic heterocycles. The smallest absolute Gasteiger partial charge is 0.266 e. The summed E-state index contributed by atoms with van der Waals surface area (Å²) in [5.74, 6) is -2.15. The molecular formula is C24H18ClN3O4S2. The van der Waals surface area contributed by atoms with Gasteiger partial charge in [0.05, 0.1) is 11.3 Å². The maximum Gasteiger partial charge on any atom is 0.266 e. The molecule has 7 nitrogen and oxygen atoms in total. The summed E-state index contributed by atoms with van der Waals surface area (Å²) in [5.41, 5.74) is 1.45. The van der Waals surface area contributed by atoms with Crippen LogP contribution in [0.5, 0.6) is 0 Å². The van der Waals surface area contributed by atoms with Crippen LogP contribution in [0.3, 0.4) is 0 Å². The van der Waals surface area contributed by atoms with E-state index >= 15 is 0 Å². The number of amides is 4.